The number of rotatable bonds is 21. The molecule has 3 atom stereocenters. The number of ether oxygens (including phenoxy) is 4. The van der Waals surface area contributed by atoms with Gasteiger partial charge in [-0.25, -0.2) is 0 Å². The van der Waals surface area contributed by atoms with Gasteiger partial charge in [-0.2, -0.15) is 5.10 Å². The molecule has 2 aliphatic rings. The predicted molar refractivity (Wildman–Crippen MR) is 239 cm³/mol. The molecule has 348 valence electrons. The van der Waals surface area contributed by atoms with Crippen LogP contribution in [-0.4, -0.2) is 108 Å². The van der Waals surface area contributed by atoms with Crippen LogP contribution in [0.15, 0.2) is 47.5 Å². The molecule has 0 radical (unpaired) electrons. The Balaban J connectivity index is 0.944. The molecule has 2 aromatic carbocycles. The Morgan fingerprint density at radius 2 is 1.48 bits per heavy atom. The summed E-state index contributed by atoms with van der Waals surface area (Å²) in [6.45, 7) is 9.45. The molecule has 4 heterocycles. The number of nitrogens with one attached hydrogen (secondary N) is 3. The molecule has 0 aliphatic carbocycles. The van der Waals surface area contributed by atoms with E-state index in [0.29, 0.717) is 66.3 Å². The average Bonchev–Trinajstić information content (AvgIpc) is 3.80. The van der Waals surface area contributed by atoms with Gasteiger partial charge in [0.15, 0.2) is 0 Å². The van der Waals surface area contributed by atoms with Gasteiger partial charge in [0.1, 0.15) is 29.7 Å². The molecule has 0 spiro atoms. The molecule has 4 aromatic rings. The van der Waals surface area contributed by atoms with Crippen molar-refractivity contribution in [2.45, 2.75) is 78.9 Å². The van der Waals surface area contributed by atoms with E-state index in [2.05, 4.69) is 21.0 Å². The van der Waals surface area contributed by atoms with Gasteiger partial charge in [0.2, 0.25) is 23.6 Å². The Morgan fingerprint density at radius 1 is 0.846 bits per heavy atom. The molecule has 1 fully saturated rings. The summed E-state index contributed by atoms with van der Waals surface area (Å²) in [6.07, 6.45) is 5.46. The van der Waals surface area contributed by atoms with E-state index in [9.17, 15) is 33.6 Å². The van der Waals surface area contributed by atoms with E-state index in [4.69, 9.17) is 18.9 Å². The number of hydrogen-bond acceptors (Lipinski definition) is 12. The summed E-state index contributed by atoms with van der Waals surface area (Å²) < 4.78 is 26.6. The first kappa shape index (κ1) is 48.1. The number of piperidine rings is 1. The normalized spacial score (nSPS) is 16.8. The first-order valence-electron chi connectivity index (χ1n) is 21.7. The third-order valence-corrected chi connectivity index (χ3v) is 12.7. The number of imide groups is 2. The molecule has 18 nitrogen and oxygen atoms in total. The van der Waals surface area contributed by atoms with Gasteiger partial charge in [-0.1, -0.05) is 33.8 Å². The molecule has 2 aliphatic heterocycles. The first-order chi connectivity index (χ1) is 30.9. The van der Waals surface area contributed by atoms with E-state index in [1.807, 2.05) is 39.8 Å². The lowest BCUT2D eigenvalue weighted by atomic mass is 9.87. The molecular formula is C47H59N7O11. The minimum atomic E-state index is -1.05. The van der Waals surface area contributed by atoms with Crippen molar-refractivity contribution in [3.05, 3.63) is 75.3 Å². The molecule has 3 unspecified atom stereocenters. The Morgan fingerprint density at radius 3 is 2.09 bits per heavy atom. The molecular weight excluding hydrogens is 839 g/mol. The van der Waals surface area contributed by atoms with Crippen LogP contribution in [0.25, 0.3) is 22.0 Å². The molecule has 6 rings (SSSR count). The van der Waals surface area contributed by atoms with Crippen LogP contribution in [0.3, 0.4) is 0 Å². The number of aromatic nitrogens is 3. The van der Waals surface area contributed by atoms with Crippen LogP contribution in [-0.2, 0) is 55.8 Å². The second-order valence-electron chi connectivity index (χ2n) is 17.5. The van der Waals surface area contributed by atoms with Crippen LogP contribution in [0, 0.1) is 10.8 Å². The van der Waals surface area contributed by atoms with E-state index in [1.54, 1.807) is 63.6 Å². The number of amides is 6. The number of methoxy groups -OCH3 is 2. The summed E-state index contributed by atoms with van der Waals surface area (Å²) in [6, 6.07) is 7.46. The van der Waals surface area contributed by atoms with Gasteiger partial charge in [-0.15, -0.1) is 0 Å². The number of benzene rings is 2. The second kappa shape index (κ2) is 20.2. The number of carbonyl (C=O) groups excluding carboxylic acids is 6. The smallest absolute Gasteiger partial charge is 0.276 e. The van der Waals surface area contributed by atoms with Gasteiger partial charge in [0.05, 0.1) is 56.9 Å². The zero-order valence-corrected chi connectivity index (χ0v) is 38.4. The third-order valence-electron chi connectivity index (χ3n) is 12.7. The fourth-order valence-corrected chi connectivity index (χ4v) is 7.93. The molecule has 65 heavy (non-hydrogen) atoms. The maximum absolute atomic E-state index is 13.2. The van der Waals surface area contributed by atoms with Crippen LogP contribution in [0.1, 0.15) is 91.6 Å². The monoisotopic (exact) mass is 897 g/mol. The molecule has 0 bridgehead atoms. The summed E-state index contributed by atoms with van der Waals surface area (Å²) >= 11 is 0. The highest BCUT2D eigenvalue weighted by Crippen LogP contribution is 2.38. The van der Waals surface area contributed by atoms with Crippen molar-refractivity contribution in [3.8, 4) is 22.6 Å². The largest absolute Gasteiger partial charge is 0.496 e. The van der Waals surface area contributed by atoms with E-state index in [0.717, 1.165) is 28.9 Å². The SMILES string of the molecule is CCC(C)(CNC(=O)CCc1ccc2c(c1)C(=O)N(C1CCC(=O)NC1=O)C2=O)COCC(C)(CC)CNC(=O)COCc1c(OC)cc(-c2cn(C)c(=O)c3c2cnn3C)cc1OC. The molecule has 6 amide bonds. The standard InChI is InChI=1S/C47H59N7O11/c1-9-46(3,24-48-38(55)15-12-28-11-13-30-31(17-28)44(60)54(43(30)59)35-14-16-39(56)51-42(35)58)26-65-27-47(4,10-2)25-49-40(57)23-64-22-34-36(62-7)18-29(19-37(34)63-8)33-21-52(5)45(61)41-32(33)20-50-53(41)6/h11,13,17-21,35H,9-10,12,14-16,22-27H2,1-8H3,(H,48,55)(H,49,57)(H,51,56,58). The number of carbonyl (C=O) groups is 6. The highest BCUT2D eigenvalue weighted by Gasteiger charge is 2.44. The van der Waals surface area contributed by atoms with Crippen molar-refractivity contribution >= 4 is 46.3 Å². The van der Waals surface area contributed by atoms with E-state index in [-0.39, 0.29) is 71.8 Å². The fourth-order valence-electron chi connectivity index (χ4n) is 7.93. The maximum Gasteiger partial charge on any atom is 0.276 e. The summed E-state index contributed by atoms with van der Waals surface area (Å²) in [5, 5.41) is 13.2. The highest BCUT2D eigenvalue weighted by atomic mass is 16.5. The first-order valence-corrected chi connectivity index (χ1v) is 21.7. The lowest BCUT2D eigenvalue weighted by Gasteiger charge is -2.33. The van der Waals surface area contributed by atoms with Crippen molar-refractivity contribution in [3.63, 3.8) is 0 Å². The second-order valence-corrected chi connectivity index (χ2v) is 17.5. The number of aryl methyl sites for hydroxylation is 3. The summed E-state index contributed by atoms with van der Waals surface area (Å²) in [5.41, 5.74) is 2.78. The van der Waals surface area contributed by atoms with Crippen LogP contribution in [0.5, 0.6) is 11.5 Å². The molecule has 3 N–H and O–H groups in total. The van der Waals surface area contributed by atoms with Crippen molar-refractivity contribution in [1.29, 1.82) is 0 Å². The van der Waals surface area contributed by atoms with Crippen molar-refractivity contribution in [2.75, 3.05) is 47.1 Å². The van der Waals surface area contributed by atoms with Crippen molar-refractivity contribution in [1.82, 2.24) is 35.2 Å². The number of fused-ring (bicyclic) bond motifs is 2. The van der Waals surface area contributed by atoms with Gasteiger partial charge in [0.25, 0.3) is 17.4 Å². The number of hydrogen-bond donors (Lipinski definition) is 3. The topological polar surface area (TPSA) is 218 Å². The minimum Gasteiger partial charge on any atom is -0.496 e. The lowest BCUT2D eigenvalue weighted by Crippen LogP contribution is -2.54. The number of nitrogens with zero attached hydrogens (tertiary/aromatic N) is 4. The van der Waals surface area contributed by atoms with E-state index < -0.39 is 29.7 Å². The van der Waals surface area contributed by atoms with Crippen LogP contribution >= 0.6 is 0 Å². The van der Waals surface area contributed by atoms with Crippen molar-refractivity contribution in [2.24, 2.45) is 24.9 Å². The Kier molecular flexibility index (Phi) is 14.9. The van der Waals surface area contributed by atoms with Crippen LogP contribution in [0.2, 0.25) is 0 Å². The zero-order valence-electron chi connectivity index (χ0n) is 38.4. The summed E-state index contributed by atoms with van der Waals surface area (Å²) in [7, 11) is 6.50. The highest BCUT2D eigenvalue weighted by molar-refractivity contribution is 6.23. The molecule has 18 heteroatoms. The average molecular weight is 898 g/mol. The Hall–Kier alpha value is -6.40. The molecule has 2 aromatic heterocycles. The van der Waals surface area contributed by atoms with E-state index in [1.165, 1.54) is 4.57 Å². The lowest BCUT2D eigenvalue weighted by molar-refractivity contribution is -0.136. The van der Waals surface area contributed by atoms with Gasteiger partial charge in [-0.3, -0.25) is 48.5 Å². The summed E-state index contributed by atoms with van der Waals surface area (Å²) in [5.74, 6) is -1.76. The van der Waals surface area contributed by atoms with Gasteiger partial charge < -0.3 is 34.1 Å². The van der Waals surface area contributed by atoms with Gasteiger partial charge in [0, 0.05) is 68.0 Å². The molecule has 0 saturated carbocycles. The Bertz CT molecular complexity index is 2540. The maximum atomic E-state index is 13.2. The summed E-state index contributed by atoms with van der Waals surface area (Å²) in [4.78, 5) is 90.0. The third kappa shape index (κ3) is 10.6. The fraction of sp³-hybridized carbons (Fsp3) is 0.489. The van der Waals surface area contributed by atoms with Crippen LogP contribution < -0.4 is 31.0 Å². The van der Waals surface area contributed by atoms with E-state index >= 15 is 0 Å². The predicted octanol–water partition coefficient (Wildman–Crippen LogP) is 3.59. The van der Waals surface area contributed by atoms with Gasteiger partial charge >= 0.3 is 0 Å². The number of pyridine rings is 1. The quantitative estimate of drug-likeness (QED) is 0.102. The van der Waals surface area contributed by atoms with Crippen LogP contribution in [0.4, 0.5) is 0 Å². The minimum absolute atomic E-state index is 0.0375. The van der Waals surface area contributed by atoms with Crippen molar-refractivity contribution < 1.29 is 47.7 Å². The zero-order chi connectivity index (χ0) is 47.2. The molecule has 1 saturated heterocycles. The van der Waals surface area contributed by atoms with Gasteiger partial charge in [-0.05, 0) is 61.1 Å². The Labute approximate surface area is 377 Å².